The number of fused-ring (bicyclic) bond motifs is 1. The number of rotatable bonds is 8. The molecule has 5 nitrogen and oxygen atoms in total. The molecule has 0 atom stereocenters. The van der Waals surface area contributed by atoms with Crippen LogP contribution >= 0.6 is 31.9 Å². The van der Waals surface area contributed by atoms with Crippen LogP contribution in [-0.2, 0) is 19.4 Å². The minimum absolute atomic E-state index is 0. The van der Waals surface area contributed by atoms with E-state index in [9.17, 15) is 0 Å². The van der Waals surface area contributed by atoms with E-state index in [2.05, 4.69) is 49.0 Å². The Balaban J connectivity index is 0.00000324. The summed E-state index contributed by atoms with van der Waals surface area (Å²) in [4.78, 5) is 3.58. The highest BCUT2D eigenvalue weighted by molar-refractivity contribution is 9.11. The number of methoxy groups -OCH3 is 3. The smallest absolute Gasteiger partial charge is 0.187 e. The molecule has 0 saturated heterocycles. The molecule has 0 aromatic heterocycles. The van der Waals surface area contributed by atoms with Gasteiger partial charge in [0.25, 0.3) is 0 Å². The molecule has 34 heavy (non-hydrogen) atoms. The molecule has 0 saturated carbocycles. The number of ether oxygens (including phenoxy) is 4. The molecular weight excluding hydrogens is 586 g/mol. The summed E-state index contributed by atoms with van der Waals surface area (Å²) in [5.41, 5.74) is 5.64. The monoisotopic (exact) mass is 609 g/mol. The average Bonchev–Trinajstić information content (AvgIpc) is 2.84. The van der Waals surface area contributed by atoms with Gasteiger partial charge in [-0.1, -0.05) is 36.4 Å². The Labute approximate surface area is 223 Å². The number of benzene rings is 3. The van der Waals surface area contributed by atoms with Crippen molar-refractivity contribution in [1.29, 1.82) is 0 Å². The summed E-state index contributed by atoms with van der Waals surface area (Å²) in [6.07, 6.45) is 1.60. The Bertz CT molecular complexity index is 1190. The fourth-order valence-electron chi connectivity index (χ4n) is 4.04. The molecule has 3 aromatic rings. The van der Waals surface area contributed by atoms with E-state index in [0.29, 0.717) is 30.3 Å². The van der Waals surface area contributed by atoms with E-state index in [0.717, 1.165) is 50.1 Å². The van der Waals surface area contributed by atoms with Gasteiger partial charge in [-0.25, -0.2) is 4.99 Å². The van der Waals surface area contributed by atoms with E-state index < -0.39 is 0 Å². The van der Waals surface area contributed by atoms with Crippen LogP contribution in [-0.4, -0.2) is 33.6 Å². The minimum Gasteiger partial charge on any atom is -1.00 e. The highest BCUT2D eigenvalue weighted by Gasteiger charge is 2.28. The fraction of sp³-hybridized carbons (Fsp3) is 0.269. The second kappa shape index (κ2) is 12.0. The van der Waals surface area contributed by atoms with Crippen molar-refractivity contribution in [3.63, 3.8) is 0 Å². The molecule has 8 heteroatoms. The Morgan fingerprint density at radius 2 is 1.59 bits per heavy atom. The highest BCUT2D eigenvalue weighted by atomic mass is 79.9. The van der Waals surface area contributed by atoms with Gasteiger partial charge in [0.05, 0.1) is 42.3 Å². The van der Waals surface area contributed by atoms with Gasteiger partial charge in [-0.05, 0) is 60.7 Å². The van der Waals surface area contributed by atoms with E-state index in [1.807, 2.05) is 36.4 Å². The normalized spacial score (nSPS) is 12.2. The number of hydrogen-bond acceptors (Lipinski definition) is 4. The van der Waals surface area contributed by atoms with Crippen molar-refractivity contribution in [2.75, 3.05) is 27.9 Å². The maximum absolute atomic E-state index is 6.19. The first kappa shape index (κ1) is 26.4. The van der Waals surface area contributed by atoms with Gasteiger partial charge in [0.1, 0.15) is 13.2 Å². The Kier molecular flexibility index (Phi) is 9.28. The summed E-state index contributed by atoms with van der Waals surface area (Å²) in [6, 6.07) is 16.2. The minimum atomic E-state index is 0. The molecule has 1 N–H and O–H groups in total. The second-order valence-corrected chi connectivity index (χ2v) is 9.22. The maximum Gasteiger partial charge on any atom is 0.187 e. The van der Waals surface area contributed by atoms with Gasteiger partial charge in [0.2, 0.25) is 0 Å². The fourth-order valence-corrected chi connectivity index (χ4v) is 5.48. The third-order valence-electron chi connectivity index (χ3n) is 5.68. The molecule has 1 aliphatic heterocycles. The Morgan fingerprint density at radius 3 is 2.26 bits per heavy atom. The van der Waals surface area contributed by atoms with Crippen LogP contribution in [0.3, 0.4) is 0 Å². The summed E-state index contributed by atoms with van der Waals surface area (Å²) < 4.78 is 24.7. The van der Waals surface area contributed by atoms with Gasteiger partial charge < -0.3 is 31.4 Å². The molecule has 180 valence electrons. The molecule has 0 amide bonds. The molecule has 1 heterocycles. The van der Waals surface area contributed by atoms with Crippen molar-refractivity contribution < 1.29 is 36.3 Å². The van der Waals surface area contributed by atoms with Crippen LogP contribution in [0.2, 0.25) is 0 Å². The summed E-state index contributed by atoms with van der Waals surface area (Å²) in [6.45, 7) is 1.31. The number of halogens is 3. The van der Waals surface area contributed by atoms with Crippen molar-refractivity contribution >= 4 is 37.6 Å². The second-order valence-electron chi connectivity index (χ2n) is 7.64. The van der Waals surface area contributed by atoms with Crippen LogP contribution in [0.15, 0.2) is 57.5 Å². The third-order valence-corrected chi connectivity index (χ3v) is 7.31. The SMILES string of the molecule is COc1ccc(CC2=[NH+]CCc3cc(OC)c(OC)c(Br)c32)c(Br)c1OCc1ccccc1.[Cl-]. The molecule has 4 rings (SSSR count). The van der Waals surface area contributed by atoms with Crippen LogP contribution < -0.4 is 36.3 Å². The van der Waals surface area contributed by atoms with E-state index >= 15 is 0 Å². The van der Waals surface area contributed by atoms with Gasteiger partial charge in [-0.2, -0.15) is 0 Å². The largest absolute Gasteiger partial charge is 1.00 e. The van der Waals surface area contributed by atoms with Crippen molar-refractivity contribution in [3.05, 3.63) is 79.7 Å². The van der Waals surface area contributed by atoms with Crippen molar-refractivity contribution in [2.45, 2.75) is 19.4 Å². The van der Waals surface area contributed by atoms with Crippen molar-refractivity contribution in [3.8, 4) is 23.0 Å². The molecule has 1 aliphatic rings. The van der Waals surface area contributed by atoms with Gasteiger partial charge in [0.15, 0.2) is 28.7 Å². The predicted molar refractivity (Wildman–Crippen MR) is 136 cm³/mol. The van der Waals surface area contributed by atoms with Crippen molar-refractivity contribution in [2.24, 2.45) is 0 Å². The molecule has 0 radical (unpaired) electrons. The standard InChI is InChI=1S/C26H25Br2NO4.ClH/c1-30-20-10-9-18(23(27)26(20)33-15-16-7-5-4-6-8-16)13-19-22-17(11-12-29-19)14-21(31-2)25(32-3)24(22)28;/h4-10,14H,11-13,15H2,1-3H3;1H. The molecule has 0 unspecified atom stereocenters. The zero-order valence-corrected chi connectivity index (χ0v) is 23.1. The lowest BCUT2D eigenvalue weighted by Gasteiger charge is -2.20. The van der Waals surface area contributed by atoms with E-state index in [-0.39, 0.29) is 12.4 Å². The maximum atomic E-state index is 6.19. The zero-order valence-electron chi connectivity index (χ0n) is 19.2. The van der Waals surface area contributed by atoms with E-state index in [4.69, 9.17) is 18.9 Å². The molecule has 0 aliphatic carbocycles. The molecule has 0 spiro atoms. The third kappa shape index (κ3) is 5.37. The zero-order chi connectivity index (χ0) is 23.4. The summed E-state index contributed by atoms with van der Waals surface area (Å²) in [7, 11) is 4.97. The lowest BCUT2D eigenvalue weighted by molar-refractivity contribution is -0.458. The van der Waals surface area contributed by atoms with Crippen LogP contribution in [0.5, 0.6) is 23.0 Å². The van der Waals surface area contributed by atoms with E-state index in [1.165, 1.54) is 5.56 Å². The first-order valence-electron chi connectivity index (χ1n) is 10.6. The quantitative estimate of drug-likeness (QED) is 0.420. The number of nitrogens with one attached hydrogen (secondary N) is 1. The predicted octanol–water partition coefficient (Wildman–Crippen LogP) is 1.49. The van der Waals surface area contributed by atoms with Gasteiger partial charge in [0, 0.05) is 6.42 Å². The summed E-state index contributed by atoms with van der Waals surface area (Å²) in [5, 5.41) is 0. The highest BCUT2D eigenvalue weighted by Crippen LogP contribution is 2.42. The topological polar surface area (TPSA) is 50.9 Å². The Hall–Kier alpha value is -2.22. The summed E-state index contributed by atoms with van der Waals surface area (Å²) >= 11 is 7.54. The summed E-state index contributed by atoms with van der Waals surface area (Å²) in [5.74, 6) is 2.81. The van der Waals surface area contributed by atoms with Crippen LogP contribution in [0.4, 0.5) is 0 Å². The average molecular weight is 612 g/mol. The van der Waals surface area contributed by atoms with Gasteiger partial charge >= 0.3 is 0 Å². The van der Waals surface area contributed by atoms with Gasteiger partial charge in [-0.15, -0.1) is 0 Å². The first-order chi connectivity index (χ1) is 16.1. The lowest BCUT2D eigenvalue weighted by Crippen LogP contribution is -3.00. The molecular formula is C26H26Br2ClNO4. The van der Waals surface area contributed by atoms with Crippen LogP contribution in [0, 0.1) is 0 Å². The lowest BCUT2D eigenvalue weighted by atomic mass is 9.93. The van der Waals surface area contributed by atoms with E-state index in [1.54, 1.807) is 21.3 Å². The molecule has 3 aromatic carbocycles. The van der Waals surface area contributed by atoms with Crippen molar-refractivity contribution in [1.82, 2.24) is 0 Å². The van der Waals surface area contributed by atoms with Gasteiger partial charge in [-0.3, -0.25) is 0 Å². The first-order valence-corrected chi connectivity index (χ1v) is 12.2. The van der Waals surface area contributed by atoms with Crippen LogP contribution in [0.1, 0.15) is 22.3 Å². The number of hydrogen-bond donors (Lipinski definition) is 1. The van der Waals surface area contributed by atoms with Crippen LogP contribution in [0.25, 0.3) is 0 Å². The molecule has 0 fully saturated rings. The Morgan fingerprint density at radius 1 is 0.853 bits per heavy atom. The molecule has 0 bridgehead atoms.